The number of nitrogens with zero attached hydrogens (tertiary/aromatic N) is 2. The quantitative estimate of drug-likeness (QED) is 0.307. The summed E-state index contributed by atoms with van der Waals surface area (Å²) in [4.78, 5) is 8.15. The fourth-order valence-corrected chi connectivity index (χ4v) is 3.55. The van der Waals surface area contributed by atoms with E-state index in [9.17, 15) is 0 Å². The van der Waals surface area contributed by atoms with Gasteiger partial charge in [-0.05, 0) is 54.9 Å². The van der Waals surface area contributed by atoms with Crippen molar-refractivity contribution in [3.8, 4) is 5.75 Å². The van der Waals surface area contributed by atoms with E-state index in [-0.39, 0.29) is 0 Å². The molecule has 0 saturated heterocycles. The van der Waals surface area contributed by atoms with Gasteiger partial charge in [-0.3, -0.25) is 0 Å². The van der Waals surface area contributed by atoms with Crippen LogP contribution in [0, 0.1) is 0 Å². The first kappa shape index (κ1) is 22.4. The zero-order valence-electron chi connectivity index (χ0n) is 17.9. The van der Waals surface area contributed by atoms with Gasteiger partial charge >= 0.3 is 0 Å². The number of benzene rings is 1. The van der Waals surface area contributed by atoms with Crippen molar-refractivity contribution in [2.45, 2.75) is 90.4 Å². The highest BCUT2D eigenvalue weighted by Crippen LogP contribution is 2.24. The largest absolute Gasteiger partial charge is 0.494 e. The van der Waals surface area contributed by atoms with Gasteiger partial charge in [-0.15, -0.1) is 0 Å². The molecule has 3 heteroatoms. The molecule has 2 aromatic rings. The number of hydrogen-bond acceptors (Lipinski definition) is 3. The third kappa shape index (κ3) is 9.34. The number of aromatic nitrogens is 2. The van der Waals surface area contributed by atoms with Crippen molar-refractivity contribution in [2.75, 3.05) is 6.61 Å². The average molecular weight is 383 g/mol. The summed E-state index contributed by atoms with van der Waals surface area (Å²) >= 11 is 0. The summed E-state index contributed by atoms with van der Waals surface area (Å²) in [6.45, 7) is 5.42. The van der Waals surface area contributed by atoms with E-state index in [2.05, 4.69) is 48.1 Å². The molecule has 3 nitrogen and oxygen atoms in total. The molecule has 0 bridgehead atoms. The molecular formula is C25H38N2O. The molecule has 0 fully saturated rings. The summed E-state index contributed by atoms with van der Waals surface area (Å²) in [5, 5.41) is 0. The van der Waals surface area contributed by atoms with E-state index in [1.165, 1.54) is 68.9 Å². The van der Waals surface area contributed by atoms with Gasteiger partial charge in [-0.2, -0.15) is 0 Å². The van der Waals surface area contributed by atoms with E-state index >= 15 is 0 Å². The molecule has 1 unspecified atom stereocenters. The molecule has 28 heavy (non-hydrogen) atoms. The lowest BCUT2D eigenvalue weighted by molar-refractivity contribution is 0.305. The van der Waals surface area contributed by atoms with Gasteiger partial charge in [0.15, 0.2) is 0 Å². The van der Waals surface area contributed by atoms with Gasteiger partial charge in [-0.1, -0.05) is 70.9 Å². The number of rotatable bonds is 15. The third-order valence-electron chi connectivity index (χ3n) is 5.43. The van der Waals surface area contributed by atoms with Gasteiger partial charge in [0.25, 0.3) is 0 Å². The molecule has 0 saturated carbocycles. The second-order valence-electron chi connectivity index (χ2n) is 7.93. The highest BCUT2D eigenvalue weighted by molar-refractivity contribution is 5.29. The molecule has 1 heterocycles. The lowest BCUT2D eigenvalue weighted by Crippen LogP contribution is -1.98. The highest BCUT2D eigenvalue weighted by Gasteiger charge is 2.06. The normalized spacial score (nSPS) is 12.1. The molecule has 0 aliphatic rings. The van der Waals surface area contributed by atoms with Crippen LogP contribution in [0.5, 0.6) is 5.75 Å². The number of unbranched alkanes of at least 4 members (excludes halogenated alkanes) is 7. The number of ether oxygens (including phenoxy) is 1. The topological polar surface area (TPSA) is 35.0 Å². The molecule has 0 amide bonds. The molecule has 0 N–H and O–H groups in total. The number of hydrogen-bond donors (Lipinski definition) is 0. The molecule has 0 spiro atoms. The first-order valence-corrected chi connectivity index (χ1v) is 11.3. The highest BCUT2D eigenvalue weighted by atomic mass is 16.5. The van der Waals surface area contributed by atoms with Crippen molar-refractivity contribution in [1.82, 2.24) is 9.97 Å². The SMILES string of the molecule is CCCCCCOc1ccc(C(C)CCCCCCCc2cncnc2)cc1. The van der Waals surface area contributed by atoms with E-state index < -0.39 is 0 Å². The molecule has 1 atom stereocenters. The summed E-state index contributed by atoms with van der Waals surface area (Å²) in [5.74, 6) is 1.64. The monoisotopic (exact) mass is 382 g/mol. The van der Waals surface area contributed by atoms with Gasteiger partial charge in [0, 0.05) is 12.4 Å². The minimum Gasteiger partial charge on any atom is -0.494 e. The molecule has 154 valence electrons. The smallest absolute Gasteiger partial charge is 0.119 e. The Labute approximate surface area is 172 Å². The standard InChI is InChI=1S/C25H38N2O/c1-3-4-5-11-18-28-25-16-14-24(15-17-25)22(2)12-9-7-6-8-10-13-23-19-26-21-27-20-23/h14-17,19-22H,3-13,18H2,1-2H3. The first-order chi connectivity index (χ1) is 13.8. The van der Waals surface area contributed by atoms with E-state index in [1.54, 1.807) is 6.33 Å². The van der Waals surface area contributed by atoms with Crippen LogP contribution < -0.4 is 4.74 Å². The van der Waals surface area contributed by atoms with Crippen LogP contribution in [-0.4, -0.2) is 16.6 Å². The third-order valence-corrected chi connectivity index (χ3v) is 5.43. The van der Waals surface area contributed by atoms with Crippen LogP contribution in [0.3, 0.4) is 0 Å². The molecule has 1 aromatic carbocycles. The van der Waals surface area contributed by atoms with E-state index in [1.807, 2.05) is 12.4 Å². The van der Waals surface area contributed by atoms with E-state index in [0.717, 1.165) is 25.2 Å². The van der Waals surface area contributed by atoms with Gasteiger partial charge < -0.3 is 4.74 Å². The van der Waals surface area contributed by atoms with Crippen LogP contribution in [0.2, 0.25) is 0 Å². The predicted molar refractivity (Wildman–Crippen MR) is 118 cm³/mol. The Morgan fingerprint density at radius 2 is 1.50 bits per heavy atom. The lowest BCUT2D eigenvalue weighted by atomic mass is 9.94. The zero-order valence-corrected chi connectivity index (χ0v) is 17.9. The summed E-state index contributed by atoms with van der Waals surface area (Å²) in [7, 11) is 0. The molecule has 0 aliphatic carbocycles. The molecular weight excluding hydrogens is 344 g/mol. The first-order valence-electron chi connectivity index (χ1n) is 11.3. The van der Waals surface area contributed by atoms with Crippen molar-refractivity contribution < 1.29 is 4.74 Å². The van der Waals surface area contributed by atoms with Gasteiger partial charge in [0.1, 0.15) is 12.1 Å². The van der Waals surface area contributed by atoms with Gasteiger partial charge in [0.05, 0.1) is 6.61 Å². The Balaban J connectivity index is 1.53. The minimum atomic E-state index is 0.625. The summed E-state index contributed by atoms with van der Waals surface area (Å²) in [6, 6.07) is 8.76. The van der Waals surface area contributed by atoms with Crippen LogP contribution in [0.15, 0.2) is 43.0 Å². The molecule has 1 aromatic heterocycles. The molecule has 0 aliphatic heterocycles. The Morgan fingerprint density at radius 1 is 0.821 bits per heavy atom. The van der Waals surface area contributed by atoms with Crippen molar-refractivity contribution in [1.29, 1.82) is 0 Å². The fourth-order valence-electron chi connectivity index (χ4n) is 3.55. The van der Waals surface area contributed by atoms with Crippen LogP contribution in [0.25, 0.3) is 0 Å². The second-order valence-corrected chi connectivity index (χ2v) is 7.93. The van der Waals surface area contributed by atoms with Crippen molar-refractivity contribution in [2.24, 2.45) is 0 Å². The second kappa shape index (κ2) is 14.1. The number of aryl methyl sites for hydroxylation is 1. The van der Waals surface area contributed by atoms with Gasteiger partial charge in [0.2, 0.25) is 0 Å². The van der Waals surface area contributed by atoms with Crippen molar-refractivity contribution in [3.05, 3.63) is 54.1 Å². The maximum atomic E-state index is 5.85. The van der Waals surface area contributed by atoms with Crippen molar-refractivity contribution >= 4 is 0 Å². The Kier molecular flexibility index (Phi) is 11.3. The van der Waals surface area contributed by atoms with Crippen LogP contribution in [0.4, 0.5) is 0 Å². The van der Waals surface area contributed by atoms with E-state index in [0.29, 0.717) is 5.92 Å². The summed E-state index contributed by atoms with van der Waals surface area (Å²) < 4.78 is 5.85. The van der Waals surface area contributed by atoms with Crippen LogP contribution >= 0.6 is 0 Å². The Hall–Kier alpha value is -1.90. The van der Waals surface area contributed by atoms with Crippen LogP contribution in [-0.2, 0) is 6.42 Å². The van der Waals surface area contributed by atoms with Gasteiger partial charge in [-0.25, -0.2) is 9.97 Å². The molecule has 2 rings (SSSR count). The molecule has 0 radical (unpaired) electrons. The lowest BCUT2D eigenvalue weighted by Gasteiger charge is -2.13. The summed E-state index contributed by atoms with van der Waals surface area (Å²) in [5.41, 5.74) is 2.69. The van der Waals surface area contributed by atoms with E-state index in [4.69, 9.17) is 4.74 Å². The van der Waals surface area contributed by atoms with Crippen molar-refractivity contribution in [3.63, 3.8) is 0 Å². The Morgan fingerprint density at radius 3 is 2.25 bits per heavy atom. The fraction of sp³-hybridized carbons (Fsp3) is 0.600. The predicted octanol–water partition coefficient (Wildman–Crippen LogP) is 7.12. The van der Waals surface area contributed by atoms with Crippen LogP contribution in [0.1, 0.15) is 95.1 Å². The maximum Gasteiger partial charge on any atom is 0.119 e. The Bertz CT molecular complexity index is 612. The zero-order chi connectivity index (χ0) is 19.9. The average Bonchev–Trinajstić information content (AvgIpc) is 2.74. The summed E-state index contributed by atoms with van der Waals surface area (Å²) in [6.07, 6.45) is 19.3. The maximum absolute atomic E-state index is 5.85. The minimum absolute atomic E-state index is 0.625.